The molecule has 11 heavy (non-hydrogen) atoms. The van der Waals surface area contributed by atoms with Crippen LogP contribution in [0.1, 0.15) is 20.3 Å². The monoisotopic (exact) mass is 157 g/mol. The van der Waals surface area contributed by atoms with Crippen molar-refractivity contribution in [3.63, 3.8) is 0 Å². The SMILES string of the molecule is C=C(C(C)C)[C@@H]1C[C@H](F)CN1. The Bertz CT molecular complexity index is 154. The van der Waals surface area contributed by atoms with E-state index in [2.05, 4.69) is 25.7 Å². The Balaban J connectivity index is 2.43. The van der Waals surface area contributed by atoms with Gasteiger partial charge in [0.15, 0.2) is 0 Å². The van der Waals surface area contributed by atoms with E-state index in [1.54, 1.807) is 0 Å². The van der Waals surface area contributed by atoms with Gasteiger partial charge in [0, 0.05) is 12.6 Å². The minimum atomic E-state index is -0.671. The van der Waals surface area contributed by atoms with Gasteiger partial charge in [-0.1, -0.05) is 26.0 Å². The molecule has 0 saturated carbocycles. The van der Waals surface area contributed by atoms with Crippen LogP contribution >= 0.6 is 0 Å². The van der Waals surface area contributed by atoms with Crippen LogP contribution in [-0.4, -0.2) is 18.8 Å². The number of rotatable bonds is 2. The van der Waals surface area contributed by atoms with E-state index in [9.17, 15) is 4.39 Å². The highest BCUT2D eigenvalue weighted by atomic mass is 19.1. The van der Waals surface area contributed by atoms with Gasteiger partial charge in [-0.2, -0.15) is 0 Å². The first-order chi connectivity index (χ1) is 5.11. The maximum Gasteiger partial charge on any atom is 0.114 e. The highest BCUT2D eigenvalue weighted by molar-refractivity contribution is 5.11. The summed E-state index contributed by atoms with van der Waals surface area (Å²) in [6.07, 6.45) is -0.0627. The third-order valence-electron chi connectivity index (χ3n) is 2.27. The second kappa shape index (κ2) is 3.35. The largest absolute Gasteiger partial charge is 0.307 e. The summed E-state index contributed by atoms with van der Waals surface area (Å²) < 4.78 is 12.7. The lowest BCUT2D eigenvalue weighted by Crippen LogP contribution is -2.25. The lowest BCUT2D eigenvalue weighted by Gasteiger charge is -2.16. The molecule has 1 saturated heterocycles. The van der Waals surface area contributed by atoms with Crippen LogP contribution in [0.3, 0.4) is 0 Å². The van der Waals surface area contributed by atoms with E-state index in [4.69, 9.17) is 0 Å². The van der Waals surface area contributed by atoms with Crippen molar-refractivity contribution < 1.29 is 4.39 Å². The second-order valence-corrected chi connectivity index (χ2v) is 3.52. The summed E-state index contributed by atoms with van der Waals surface area (Å²) in [4.78, 5) is 0. The topological polar surface area (TPSA) is 12.0 Å². The van der Waals surface area contributed by atoms with E-state index in [1.807, 2.05) is 0 Å². The number of hydrogen-bond donors (Lipinski definition) is 1. The summed E-state index contributed by atoms with van der Waals surface area (Å²) in [5, 5.41) is 3.11. The molecule has 1 fully saturated rings. The van der Waals surface area contributed by atoms with Gasteiger partial charge in [0.1, 0.15) is 6.17 Å². The van der Waals surface area contributed by atoms with Crippen molar-refractivity contribution in [2.24, 2.45) is 5.92 Å². The maximum absolute atomic E-state index is 12.7. The minimum absolute atomic E-state index is 0.213. The third kappa shape index (κ3) is 2.03. The maximum atomic E-state index is 12.7. The zero-order valence-corrected chi connectivity index (χ0v) is 7.23. The van der Waals surface area contributed by atoms with E-state index in [-0.39, 0.29) is 6.04 Å². The molecule has 1 rings (SSSR count). The van der Waals surface area contributed by atoms with Gasteiger partial charge in [-0.3, -0.25) is 0 Å². The van der Waals surface area contributed by atoms with Crippen molar-refractivity contribution in [1.82, 2.24) is 5.32 Å². The molecule has 64 valence electrons. The molecule has 1 heterocycles. The van der Waals surface area contributed by atoms with Crippen LogP contribution in [-0.2, 0) is 0 Å². The number of halogens is 1. The van der Waals surface area contributed by atoms with E-state index in [0.29, 0.717) is 18.9 Å². The second-order valence-electron chi connectivity index (χ2n) is 3.52. The molecular formula is C9H16FN. The molecule has 2 atom stereocenters. The average Bonchev–Trinajstić information content (AvgIpc) is 2.34. The molecular weight excluding hydrogens is 141 g/mol. The van der Waals surface area contributed by atoms with E-state index in [1.165, 1.54) is 0 Å². The van der Waals surface area contributed by atoms with Crippen LogP contribution in [0.2, 0.25) is 0 Å². The van der Waals surface area contributed by atoms with Gasteiger partial charge in [-0.15, -0.1) is 0 Å². The fourth-order valence-corrected chi connectivity index (χ4v) is 1.38. The van der Waals surface area contributed by atoms with Crippen molar-refractivity contribution in [1.29, 1.82) is 0 Å². The minimum Gasteiger partial charge on any atom is -0.307 e. The van der Waals surface area contributed by atoms with Gasteiger partial charge in [0.2, 0.25) is 0 Å². The quantitative estimate of drug-likeness (QED) is 0.604. The lowest BCUT2D eigenvalue weighted by atomic mass is 9.96. The molecule has 0 aromatic heterocycles. The van der Waals surface area contributed by atoms with Gasteiger partial charge < -0.3 is 5.32 Å². The van der Waals surface area contributed by atoms with Crippen molar-refractivity contribution >= 4 is 0 Å². The normalized spacial score (nSPS) is 31.3. The fourth-order valence-electron chi connectivity index (χ4n) is 1.38. The van der Waals surface area contributed by atoms with Crippen LogP contribution < -0.4 is 5.32 Å². The predicted octanol–water partition coefficient (Wildman–Crippen LogP) is 1.90. The molecule has 1 N–H and O–H groups in total. The smallest absolute Gasteiger partial charge is 0.114 e. The molecule has 0 amide bonds. The number of hydrogen-bond acceptors (Lipinski definition) is 1. The van der Waals surface area contributed by atoms with Crippen LogP contribution in [0.4, 0.5) is 4.39 Å². The standard InChI is InChI=1S/C9H16FN/c1-6(2)7(3)9-4-8(10)5-11-9/h6,8-9,11H,3-5H2,1-2H3/t8-,9-/m0/s1. The first-order valence-electron chi connectivity index (χ1n) is 4.17. The Morgan fingerprint density at radius 3 is 2.64 bits per heavy atom. The van der Waals surface area contributed by atoms with Crippen LogP contribution in [0.25, 0.3) is 0 Å². The van der Waals surface area contributed by atoms with Gasteiger partial charge in [-0.25, -0.2) is 4.39 Å². The zero-order valence-electron chi connectivity index (χ0n) is 7.23. The Labute approximate surface area is 67.7 Å². The molecule has 0 aromatic rings. The molecule has 0 spiro atoms. The Hall–Kier alpha value is -0.370. The summed E-state index contributed by atoms with van der Waals surface area (Å²) in [5.41, 5.74) is 1.13. The molecule has 2 heteroatoms. The number of alkyl halides is 1. The molecule has 0 radical (unpaired) electrons. The van der Waals surface area contributed by atoms with Gasteiger partial charge in [-0.05, 0) is 12.3 Å². The predicted molar refractivity (Wildman–Crippen MR) is 45.3 cm³/mol. The molecule has 1 aliphatic heterocycles. The molecule has 1 aliphatic rings. The van der Waals surface area contributed by atoms with Gasteiger partial charge in [0.25, 0.3) is 0 Å². The molecule has 0 unspecified atom stereocenters. The summed E-state index contributed by atoms with van der Waals surface area (Å²) in [7, 11) is 0. The van der Waals surface area contributed by atoms with E-state index < -0.39 is 6.17 Å². The van der Waals surface area contributed by atoms with E-state index in [0.717, 1.165) is 5.57 Å². The first-order valence-corrected chi connectivity index (χ1v) is 4.17. The molecule has 0 bridgehead atoms. The van der Waals surface area contributed by atoms with Crippen molar-refractivity contribution in [3.8, 4) is 0 Å². The van der Waals surface area contributed by atoms with Crippen molar-refractivity contribution in [3.05, 3.63) is 12.2 Å². The average molecular weight is 157 g/mol. The molecule has 0 aromatic carbocycles. The Morgan fingerprint density at radius 1 is 1.64 bits per heavy atom. The van der Waals surface area contributed by atoms with Crippen LogP contribution in [0, 0.1) is 5.92 Å². The Kier molecular flexibility index (Phi) is 2.66. The summed E-state index contributed by atoms with van der Waals surface area (Å²) in [6.45, 7) is 8.62. The van der Waals surface area contributed by atoms with Crippen LogP contribution in [0.15, 0.2) is 12.2 Å². The lowest BCUT2D eigenvalue weighted by molar-refractivity contribution is 0.357. The molecule has 0 aliphatic carbocycles. The third-order valence-corrected chi connectivity index (χ3v) is 2.27. The summed E-state index contributed by atoms with van der Waals surface area (Å²) in [5.74, 6) is 0.456. The highest BCUT2D eigenvalue weighted by Gasteiger charge is 2.26. The van der Waals surface area contributed by atoms with Gasteiger partial charge >= 0.3 is 0 Å². The van der Waals surface area contributed by atoms with Crippen LogP contribution in [0.5, 0.6) is 0 Å². The first kappa shape index (κ1) is 8.72. The highest BCUT2D eigenvalue weighted by Crippen LogP contribution is 2.20. The van der Waals surface area contributed by atoms with Crippen molar-refractivity contribution in [2.75, 3.05) is 6.54 Å². The fraction of sp³-hybridized carbons (Fsp3) is 0.778. The van der Waals surface area contributed by atoms with Crippen molar-refractivity contribution in [2.45, 2.75) is 32.5 Å². The Morgan fingerprint density at radius 2 is 2.27 bits per heavy atom. The summed E-state index contributed by atoms with van der Waals surface area (Å²) >= 11 is 0. The summed E-state index contributed by atoms with van der Waals surface area (Å²) in [6, 6.07) is 0.213. The molecule has 1 nitrogen and oxygen atoms in total. The van der Waals surface area contributed by atoms with E-state index >= 15 is 0 Å². The van der Waals surface area contributed by atoms with Gasteiger partial charge in [0.05, 0.1) is 0 Å². The zero-order chi connectivity index (χ0) is 8.43. The number of nitrogens with one attached hydrogen (secondary N) is 1.